The third-order valence-corrected chi connectivity index (χ3v) is 4.70. The lowest BCUT2D eigenvalue weighted by Crippen LogP contribution is -2.08. The molecule has 2 aromatic heterocycles. The van der Waals surface area contributed by atoms with E-state index < -0.39 is 5.97 Å². The summed E-state index contributed by atoms with van der Waals surface area (Å²) < 4.78 is 2.15. The third kappa shape index (κ3) is 3.09. The maximum Gasteiger partial charge on any atom is 0.354 e. The summed E-state index contributed by atoms with van der Waals surface area (Å²) in [6, 6.07) is 9.80. The van der Waals surface area contributed by atoms with E-state index in [9.17, 15) is 9.90 Å². The van der Waals surface area contributed by atoms with Gasteiger partial charge in [-0.3, -0.25) is 0 Å². The molecular weight excluding hydrogens is 314 g/mol. The van der Waals surface area contributed by atoms with Gasteiger partial charge in [0.05, 0.1) is 16.7 Å². The first kappa shape index (κ1) is 17.0. The maximum absolute atomic E-state index is 11.4. The molecule has 2 N–H and O–H groups in total. The predicted molar refractivity (Wildman–Crippen MR) is 100 cm³/mol. The van der Waals surface area contributed by atoms with Crippen molar-refractivity contribution < 1.29 is 9.90 Å². The number of carboxylic acids is 1. The first-order valence-electron chi connectivity index (χ1n) is 8.45. The highest BCUT2D eigenvalue weighted by molar-refractivity contribution is 5.96. The smallest absolute Gasteiger partial charge is 0.354 e. The SMILES string of the molecule is CCn1c(C)cc2nc(C(=O)O)cc(NCc3c(C)cccc3C)c21. The summed E-state index contributed by atoms with van der Waals surface area (Å²) >= 11 is 0. The number of nitrogens with one attached hydrogen (secondary N) is 1. The fourth-order valence-corrected chi connectivity index (χ4v) is 3.36. The molecule has 0 aliphatic heterocycles. The van der Waals surface area contributed by atoms with Crippen LogP contribution in [-0.4, -0.2) is 20.6 Å². The summed E-state index contributed by atoms with van der Waals surface area (Å²) in [6.45, 7) is 9.72. The van der Waals surface area contributed by atoms with Gasteiger partial charge in [0.1, 0.15) is 0 Å². The maximum atomic E-state index is 11.4. The molecule has 3 aromatic rings. The molecule has 25 heavy (non-hydrogen) atoms. The van der Waals surface area contributed by atoms with Crippen molar-refractivity contribution in [1.82, 2.24) is 9.55 Å². The predicted octanol–water partition coefficient (Wildman–Crippen LogP) is 4.29. The van der Waals surface area contributed by atoms with Gasteiger partial charge in [0.15, 0.2) is 5.69 Å². The fraction of sp³-hybridized carbons (Fsp3) is 0.300. The molecule has 0 saturated carbocycles. The second-order valence-electron chi connectivity index (χ2n) is 6.35. The van der Waals surface area contributed by atoms with Crippen molar-refractivity contribution in [2.24, 2.45) is 0 Å². The molecule has 130 valence electrons. The standard InChI is InChI=1S/C20H23N3O2/c1-5-23-14(4)9-17-19(23)16(10-18(22-17)20(24)25)21-11-15-12(2)7-6-8-13(15)3/h6-10H,5,11H2,1-4H3,(H,21,22)(H,24,25). The number of carbonyl (C=O) groups is 1. The molecule has 0 spiro atoms. The van der Waals surface area contributed by atoms with Crippen LogP contribution in [0.4, 0.5) is 5.69 Å². The van der Waals surface area contributed by atoms with Crippen LogP contribution < -0.4 is 5.32 Å². The largest absolute Gasteiger partial charge is 0.477 e. The molecule has 5 nitrogen and oxygen atoms in total. The number of hydrogen-bond acceptors (Lipinski definition) is 3. The van der Waals surface area contributed by atoms with Crippen LogP contribution in [0, 0.1) is 20.8 Å². The van der Waals surface area contributed by atoms with E-state index in [0.717, 1.165) is 23.4 Å². The summed E-state index contributed by atoms with van der Waals surface area (Å²) in [5.74, 6) is -1.01. The Bertz CT molecular complexity index is 937. The van der Waals surface area contributed by atoms with Gasteiger partial charge in [-0.25, -0.2) is 9.78 Å². The number of benzene rings is 1. The normalized spacial score (nSPS) is 11.0. The van der Waals surface area contributed by atoms with Gasteiger partial charge in [-0.15, -0.1) is 0 Å². The molecule has 0 aliphatic rings. The highest BCUT2D eigenvalue weighted by Gasteiger charge is 2.16. The van der Waals surface area contributed by atoms with E-state index in [0.29, 0.717) is 12.1 Å². The van der Waals surface area contributed by atoms with Crippen molar-refractivity contribution in [3.8, 4) is 0 Å². The summed E-state index contributed by atoms with van der Waals surface area (Å²) in [5, 5.41) is 12.8. The summed E-state index contributed by atoms with van der Waals surface area (Å²) in [5.41, 5.74) is 7.28. The summed E-state index contributed by atoms with van der Waals surface area (Å²) in [6.07, 6.45) is 0. The first-order valence-corrected chi connectivity index (χ1v) is 8.45. The van der Waals surface area contributed by atoms with E-state index in [1.807, 2.05) is 19.1 Å². The Kier molecular flexibility index (Phi) is 4.49. The Morgan fingerprint density at radius 2 is 1.88 bits per heavy atom. The highest BCUT2D eigenvalue weighted by Crippen LogP contribution is 2.28. The summed E-state index contributed by atoms with van der Waals surface area (Å²) in [4.78, 5) is 15.7. The third-order valence-electron chi connectivity index (χ3n) is 4.70. The number of aromatic carboxylic acids is 1. The Morgan fingerprint density at radius 3 is 2.48 bits per heavy atom. The van der Waals surface area contributed by atoms with Crippen LogP contribution in [0.15, 0.2) is 30.3 Å². The van der Waals surface area contributed by atoms with Crippen LogP contribution in [0.5, 0.6) is 0 Å². The van der Waals surface area contributed by atoms with E-state index in [1.165, 1.54) is 16.7 Å². The Labute approximate surface area is 147 Å². The minimum Gasteiger partial charge on any atom is -0.477 e. The Hall–Kier alpha value is -2.82. The van der Waals surface area contributed by atoms with Crippen molar-refractivity contribution in [2.75, 3.05) is 5.32 Å². The van der Waals surface area contributed by atoms with Gasteiger partial charge in [-0.05, 0) is 56.5 Å². The molecule has 0 amide bonds. The van der Waals surface area contributed by atoms with Gasteiger partial charge in [0, 0.05) is 18.8 Å². The Balaban J connectivity index is 2.09. The summed E-state index contributed by atoms with van der Waals surface area (Å²) in [7, 11) is 0. The van der Waals surface area contributed by atoms with Crippen LogP contribution in [0.3, 0.4) is 0 Å². The number of rotatable bonds is 5. The number of nitrogens with zero attached hydrogens (tertiary/aromatic N) is 2. The molecule has 0 fully saturated rings. The average molecular weight is 337 g/mol. The second kappa shape index (κ2) is 6.59. The minimum atomic E-state index is -1.01. The zero-order valence-electron chi connectivity index (χ0n) is 15.1. The molecular formula is C20H23N3O2. The molecule has 0 radical (unpaired) electrons. The molecule has 5 heteroatoms. The van der Waals surface area contributed by atoms with Crippen LogP contribution in [0.25, 0.3) is 11.0 Å². The van der Waals surface area contributed by atoms with Gasteiger partial charge in [-0.2, -0.15) is 0 Å². The van der Waals surface area contributed by atoms with Crippen LogP contribution in [-0.2, 0) is 13.1 Å². The van der Waals surface area contributed by atoms with Gasteiger partial charge >= 0.3 is 5.97 Å². The molecule has 2 heterocycles. The Morgan fingerprint density at radius 1 is 1.20 bits per heavy atom. The molecule has 0 unspecified atom stereocenters. The lowest BCUT2D eigenvalue weighted by molar-refractivity contribution is 0.0691. The van der Waals surface area contributed by atoms with Crippen molar-refractivity contribution in [1.29, 1.82) is 0 Å². The zero-order valence-corrected chi connectivity index (χ0v) is 15.1. The van der Waals surface area contributed by atoms with E-state index in [2.05, 4.69) is 47.8 Å². The van der Waals surface area contributed by atoms with Crippen molar-refractivity contribution in [2.45, 2.75) is 40.8 Å². The molecule has 1 aromatic carbocycles. The molecule has 0 aliphatic carbocycles. The van der Waals surface area contributed by atoms with Crippen molar-refractivity contribution >= 4 is 22.7 Å². The average Bonchev–Trinajstić information content (AvgIpc) is 2.89. The zero-order chi connectivity index (χ0) is 18.1. The number of aromatic nitrogens is 2. The molecule has 0 atom stereocenters. The van der Waals surface area contributed by atoms with E-state index in [1.54, 1.807) is 6.07 Å². The van der Waals surface area contributed by atoms with Gasteiger partial charge in [-0.1, -0.05) is 18.2 Å². The van der Waals surface area contributed by atoms with E-state index in [4.69, 9.17) is 0 Å². The lowest BCUT2D eigenvalue weighted by Gasteiger charge is -2.15. The number of fused-ring (bicyclic) bond motifs is 1. The minimum absolute atomic E-state index is 0.0600. The second-order valence-corrected chi connectivity index (χ2v) is 6.35. The monoisotopic (exact) mass is 337 g/mol. The molecule has 0 bridgehead atoms. The topological polar surface area (TPSA) is 67.2 Å². The van der Waals surface area contributed by atoms with Gasteiger partial charge in [0.25, 0.3) is 0 Å². The number of anilines is 1. The fourth-order valence-electron chi connectivity index (χ4n) is 3.36. The van der Waals surface area contributed by atoms with E-state index >= 15 is 0 Å². The van der Waals surface area contributed by atoms with Crippen LogP contribution in [0.2, 0.25) is 0 Å². The lowest BCUT2D eigenvalue weighted by atomic mass is 10.0. The van der Waals surface area contributed by atoms with Crippen molar-refractivity contribution in [3.63, 3.8) is 0 Å². The van der Waals surface area contributed by atoms with Crippen LogP contribution in [0.1, 0.15) is 39.8 Å². The highest BCUT2D eigenvalue weighted by atomic mass is 16.4. The van der Waals surface area contributed by atoms with Crippen molar-refractivity contribution in [3.05, 3.63) is 58.4 Å². The number of carboxylic acid groups (broad SMARTS) is 1. The van der Waals surface area contributed by atoms with Crippen LogP contribution >= 0.6 is 0 Å². The number of pyridine rings is 1. The van der Waals surface area contributed by atoms with E-state index in [-0.39, 0.29) is 5.69 Å². The molecule has 3 rings (SSSR count). The number of aryl methyl sites for hydroxylation is 4. The molecule has 0 saturated heterocycles. The number of hydrogen-bond donors (Lipinski definition) is 2. The first-order chi connectivity index (χ1) is 11.9. The quantitative estimate of drug-likeness (QED) is 0.729. The van der Waals surface area contributed by atoms with Gasteiger partial charge < -0.3 is 15.0 Å². The van der Waals surface area contributed by atoms with Gasteiger partial charge in [0.2, 0.25) is 0 Å².